The van der Waals surface area contributed by atoms with E-state index in [0.29, 0.717) is 21.4 Å². The Morgan fingerprint density at radius 2 is 2.06 bits per heavy atom. The second-order valence-electron chi connectivity index (χ2n) is 4.48. The van der Waals surface area contributed by atoms with Crippen molar-refractivity contribution in [3.8, 4) is 0 Å². The van der Waals surface area contributed by atoms with Crippen molar-refractivity contribution in [2.75, 3.05) is 19.6 Å². The lowest BCUT2D eigenvalue weighted by Crippen LogP contribution is -2.42. The number of ketones is 1. The summed E-state index contributed by atoms with van der Waals surface area (Å²) in [5.74, 6) is 0.188. The molecule has 1 aliphatic rings. The third-order valence-electron chi connectivity index (χ3n) is 2.71. The minimum Gasteiger partial charge on any atom is -0.294 e. The Hall–Kier alpha value is -0.0300. The predicted octanol–water partition coefficient (Wildman–Crippen LogP) is 3.41. The van der Waals surface area contributed by atoms with E-state index in [1.165, 1.54) is 11.3 Å². The Morgan fingerprint density at radius 1 is 1.41 bits per heavy atom. The molecule has 2 nitrogen and oxygen atoms in total. The molecule has 1 fully saturated rings. The van der Waals surface area contributed by atoms with Gasteiger partial charge in [0, 0.05) is 23.6 Å². The molecule has 1 aromatic heterocycles. The summed E-state index contributed by atoms with van der Waals surface area (Å²) >= 11 is 9.21. The van der Waals surface area contributed by atoms with E-state index in [0.717, 1.165) is 18.0 Å². The Balaban J connectivity index is 1.94. The lowest BCUT2D eigenvalue weighted by atomic mass is 10.2. The van der Waals surface area contributed by atoms with Crippen LogP contribution in [0.5, 0.6) is 0 Å². The first-order valence-corrected chi connectivity index (χ1v) is 7.84. The van der Waals surface area contributed by atoms with Crippen LogP contribution in [0, 0.1) is 0 Å². The quantitative estimate of drug-likeness (QED) is 0.796. The van der Waals surface area contributed by atoms with Crippen LogP contribution in [-0.4, -0.2) is 40.8 Å². The number of thiophene rings is 1. The van der Waals surface area contributed by atoms with Crippen molar-refractivity contribution in [2.45, 2.75) is 24.3 Å². The second kappa shape index (κ2) is 5.74. The maximum atomic E-state index is 12.0. The molecule has 2 heterocycles. The standard InChI is InChI=1S/C12H16ClNOS2/c1-8-5-14(6-9(2)16-8)7-10(15)11-3-4-12(13)17-11/h3-4,8-9H,5-7H2,1-2H3. The molecule has 0 aliphatic carbocycles. The van der Waals surface area contributed by atoms with E-state index >= 15 is 0 Å². The van der Waals surface area contributed by atoms with E-state index in [1.54, 1.807) is 6.07 Å². The van der Waals surface area contributed by atoms with E-state index in [1.807, 2.05) is 17.8 Å². The maximum absolute atomic E-state index is 12.0. The fraction of sp³-hybridized carbons (Fsp3) is 0.583. The summed E-state index contributed by atoms with van der Waals surface area (Å²) in [5.41, 5.74) is 0. The van der Waals surface area contributed by atoms with Crippen LogP contribution in [-0.2, 0) is 0 Å². The molecule has 0 spiro atoms. The summed E-state index contributed by atoms with van der Waals surface area (Å²) in [5, 5.41) is 1.22. The summed E-state index contributed by atoms with van der Waals surface area (Å²) in [6.07, 6.45) is 0. The van der Waals surface area contributed by atoms with Crippen LogP contribution in [0.3, 0.4) is 0 Å². The molecule has 0 N–H and O–H groups in total. The van der Waals surface area contributed by atoms with Crippen molar-refractivity contribution in [3.63, 3.8) is 0 Å². The molecule has 1 saturated heterocycles. The van der Waals surface area contributed by atoms with E-state index in [-0.39, 0.29) is 5.78 Å². The van der Waals surface area contributed by atoms with Crippen LogP contribution < -0.4 is 0 Å². The third-order valence-corrected chi connectivity index (χ3v) is 5.21. The highest BCUT2D eigenvalue weighted by Crippen LogP contribution is 2.26. The molecule has 5 heteroatoms. The van der Waals surface area contributed by atoms with Gasteiger partial charge in [0.1, 0.15) is 0 Å². The van der Waals surface area contributed by atoms with Crippen LogP contribution in [0.25, 0.3) is 0 Å². The van der Waals surface area contributed by atoms with E-state index in [4.69, 9.17) is 11.6 Å². The SMILES string of the molecule is CC1CN(CC(=O)c2ccc(Cl)s2)CC(C)S1. The summed E-state index contributed by atoms with van der Waals surface area (Å²) < 4.78 is 0.685. The van der Waals surface area contributed by atoms with Gasteiger partial charge in [-0.1, -0.05) is 25.4 Å². The predicted molar refractivity (Wildman–Crippen MR) is 76.6 cm³/mol. The fourth-order valence-electron chi connectivity index (χ4n) is 2.16. The Bertz CT molecular complexity index is 397. The molecule has 0 saturated carbocycles. The first-order chi connectivity index (χ1) is 8.04. The summed E-state index contributed by atoms with van der Waals surface area (Å²) in [7, 11) is 0. The van der Waals surface area contributed by atoms with Gasteiger partial charge in [-0.05, 0) is 12.1 Å². The van der Waals surface area contributed by atoms with Crippen molar-refractivity contribution in [1.29, 1.82) is 0 Å². The van der Waals surface area contributed by atoms with Crippen LogP contribution >= 0.6 is 34.7 Å². The lowest BCUT2D eigenvalue weighted by molar-refractivity contribution is 0.0934. The highest BCUT2D eigenvalue weighted by molar-refractivity contribution is 8.00. The highest BCUT2D eigenvalue weighted by Gasteiger charge is 2.24. The normalized spacial score (nSPS) is 26.1. The van der Waals surface area contributed by atoms with Crippen molar-refractivity contribution in [2.24, 2.45) is 0 Å². The topological polar surface area (TPSA) is 20.3 Å². The maximum Gasteiger partial charge on any atom is 0.186 e. The van der Waals surface area contributed by atoms with Crippen LogP contribution in [0.4, 0.5) is 0 Å². The van der Waals surface area contributed by atoms with E-state index in [9.17, 15) is 4.79 Å². The van der Waals surface area contributed by atoms with Gasteiger partial charge in [0.2, 0.25) is 0 Å². The molecule has 0 amide bonds. The van der Waals surface area contributed by atoms with Crippen LogP contribution in [0.1, 0.15) is 23.5 Å². The number of Topliss-reactive ketones (excluding diaryl/α,β-unsaturated/α-hetero) is 1. The molecular formula is C12H16ClNOS2. The van der Waals surface area contributed by atoms with E-state index in [2.05, 4.69) is 18.7 Å². The summed E-state index contributed by atoms with van der Waals surface area (Å²) in [6, 6.07) is 3.61. The van der Waals surface area contributed by atoms with Crippen molar-refractivity contribution in [3.05, 3.63) is 21.3 Å². The average Bonchev–Trinajstić information content (AvgIpc) is 2.63. The van der Waals surface area contributed by atoms with Gasteiger partial charge < -0.3 is 0 Å². The molecule has 0 aromatic carbocycles. The van der Waals surface area contributed by atoms with Gasteiger partial charge in [-0.2, -0.15) is 11.8 Å². The van der Waals surface area contributed by atoms with E-state index < -0.39 is 0 Å². The van der Waals surface area contributed by atoms with Gasteiger partial charge in [-0.25, -0.2) is 0 Å². The Kier molecular flexibility index (Phi) is 4.53. The van der Waals surface area contributed by atoms with Crippen LogP contribution in [0.2, 0.25) is 4.34 Å². The van der Waals surface area contributed by atoms with Gasteiger partial charge in [-0.3, -0.25) is 9.69 Å². The average molecular weight is 290 g/mol. The second-order valence-corrected chi connectivity index (χ2v) is 8.08. The van der Waals surface area contributed by atoms with Gasteiger partial charge >= 0.3 is 0 Å². The van der Waals surface area contributed by atoms with Gasteiger partial charge in [0.25, 0.3) is 0 Å². The lowest BCUT2D eigenvalue weighted by Gasteiger charge is -2.33. The summed E-state index contributed by atoms with van der Waals surface area (Å²) in [4.78, 5) is 15.1. The molecule has 2 unspecified atom stereocenters. The van der Waals surface area contributed by atoms with Gasteiger partial charge in [0.15, 0.2) is 5.78 Å². The minimum atomic E-state index is 0.188. The molecule has 1 aromatic rings. The molecule has 1 aliphatic heterocycles. The third kappa shape index (κ3) is 3.71. The number of hydrogen-bond donors (Lipinski definition) is 0. The highest BCUT2D eigenvalue weighted by atomic mass is 35.5. The molecular weight excluding hydrogens is 274 g/mol. The Labute approximate surface area is 115 Å². The molecule has 0 bridgehead atoms. The number of halogens is 1. The number of carbonyl (C=O) groups is 1. The van der Waals surface area contributed by atoms with Crippen molar-refractivity contribution < 1.29 is 4.79 Å². The number of nitrogens with zero attached hydrogens (tertiary/aromatic N) is 1. The monoisotopic (exact) mass is 289 g/mol. The zero-order chi connectivity index (χ0) is 12.4. The fourth-order valence-corrected chi connectivity index (χ4v) is 4.52. The zero-order valence-electron chi connectivity index (χ0n) is 9.98. The number of hydrogen-bond acceptors (Lipinski definition) is 4. The van der Waals surface area contributed by atoms with Crippen molar-refractivity contribution >= 4 is 40.5 Å². The molecule has 0 radical (unpaired) electrons. The Morgan fingerprint density at radius 3 is 2.59 bits per heavy atom. The van der Waals surface area contributed by atoms with Crippen LogP contribution in [0.15, 0.2) is 12.1 Å². The number of carbonyl (C=O) groups excluding carboxylic acids is 1. The summed E-state index contributed by atoms with van der Waals surface area (Å²) in [6.45, 7) is 6.96. The first kappa shape index (κ1) is 13.4. The molecule has 2 rings (SSSR count). The smallest absolute Gasteiger partial charge is 0.186 e. The molecule has 94 valence electrons. The van der Waals surface area contributed by atoms with Crippen molar-refractivity contribution in [1.82, 2.24) is 4.90 Å². The molecule has 17 heavy (non-hydrogen) atoms. The first-order valence-electron chi connectivity index (χ1n) is 5.71. The molecule has 2 atom stereocenters. The number of rotatable bonds is 3. The largest absolute Gasteiger partial charge is 0.294 e. The zero-order valence-corrected chi connectivity index (χ0v) is 12.4. The number of thioether (sulfide) groups is 1. The minimum absolute atomic E-state index is 0.188. The van der Waals surface area contributed by atoms with Gasteiger partial charge in [-0.15, -0.1) is 11.3 Å². The van der Waals surface area contributed by atoms with Gasteiger partial charge in [0.05, 0.1) is 15.8 Å².